The molecule has 2 saturated heterocycles. The Bertz CT molecular complexity index is 1260. The normalized spacial score (nSPS) is 19.1. The van der Waals surface area contributed by atoms with Crippen molar-refractivity contribution in [3.05, 3.63) is 81.8 Å². The van der Waals surface area contributed by atoms with Gasteiger partial charge >= 0.3 is 0 Å². The second-order valence-corrected chi connectivity index (χ2v) is 10.6. The van der Waals surface area contributed by atoms with Crippen LogP contribution in [0.25, 0.3) is 0 Å². The Balaban J connectivity index is 1.64. The lowest BCUT2D eigenvalue weighted by molar-refractivity contribution is 0.122. The number of methoxy groups -OCH3 is 2. The van der Waals surface area contributed by atoms with Gasteiger partial charge in [0.2, 0.25) is 5.95 Å². The highest BCUT2D eigenvalue weighted by atomic mass is 35.5. The van der Waals surface area contributed by atoms with E-state index in [1.807, 2.05) is 6.92 Å². The lowest BCUT2D eigenvalue weighted by Gasteiger charge is -2.36. The molecular formula is C28H32ClF3N4O2S. The molecule has 0 saturated carbocycles. The largest absolute Gasteiger partial charge is 0.497 e. The van der Waals surface area contributed by atoms with Crippen LogP contribution < -0.4 is 13.8 Å². The number of allylic oxidation sites excluding steroid dienone is 4. The Morgan fingerprint density at radius 3 is 2.62 bits per heavy atom. The molecule has 6 nitrogen and oxygen atoms in total. The summed E-state index contributed by atoms with van der Waals surface area (Å²) in [5.41, 5.74) is 2.06. The van der Waals surface area contributed by atoms with E-state index in [4.69, 9.17) is 21.1 Å². The van der Waals surface area contributed by atoms with E-state index >= 15 is 8.78 Å². The van der Waals surface area contributed by atoms with Crippen LogP contribution in [-0.2, 0) is 6.54 Å². The zero-order chi connectivity index (χ0) is 27.9. The quantitative estimate of drug-likeness (QED) is 0.164. The van der Waals surface area contributed by atoms with Gasteiger partial charge in [-0.3, -0.25) is 9.21 Å². The minimum Gasteiger partial charge on any atom is -0.497 e. The first kappa shape index (κ1) is 29.2. The average Bonchev–Trinajstić information content (AvgIpc) is 3.39. The van der Waals surface area contributed by atoms with Gasteiger partial charge in [0.25, 0.3) is 0 Å². The zero-order valence-corrected chi connectivity index (χ0v) is 23.7. The Labute approximate surface area is 236 Å². The summed E-state index contributed by atoms with van der Waals surface area (Å²) in [4.78, 5) is 8.15. The lowest BCUT2D eigenvalue weighted by atomic mass is 10.1. The van der Waals surface area contributed by atoms with Crippen molar-refractivity contribution in [2.75, 3.05) is 44.7 Å². The molecule has 0 radical (unpaired) electrons. The Morgan fingerprint density at radius 2 is 1.97 bits per heavy atom. The first-order valence-electron chi connectivity index (χ1n) is 12.6. The zero-order valence-electron chi connectivity index (χ0n) is 22.2. The van der Waals surface area contributed by atoms with Crippen LogP contribution in [-0.4, -0.2) is 61.2 Å². The van der Waals surface area contributed by atoms with Gasteiger partial charge in [-0.05, 0) is 75.1 Å². The highest BCUT2D eigenvalue weighted by Crippen LogP contribution is 2.38. The van der Waals surface area contributed by atoms with Gasteiger partial charge in [-0.2, -0.15) is 4.39 Å². The predicted molar refractivity (Wildman–Crippen MR) is 151 cm³/mol. The van der Waals surface area contributed by atoms with Crippen molar-refractivity contribution in [3.8, 4) is 11.5 Å². The minimum atomic E-state index is -0.953. The molecule has 2 fully saturated rings. The second kappa shape index (κ2) is 13.5. The number of rotatable bonds is 11. The van der Waals surface area contributed by atoms with E-state index in [-0.39, 0.29) is 17.3 Å². The topological polar surface area (TPSA) is 41.1 Å². The molecule has 4 rings (SSSR count). The van der Waals surface area contributed by atoms with E-state index in [0.717, 1.165) is 44.5 Å². The first-order chi connectivity index (χ1) is 18.8. The Kier molecular flexibility index (Phi) is 10.1. The maximum absolute atomic E-state index is 15.7. The third-order valence-corrected chi connectivity index (χ3v) is 8.20. The van der Waals surface area contributed by atoms with Crippen LogP contribution in [0.3, 0.4) is 0 Å². The van der Waals surface area contributed by atoms with Gasteiger partial charge in [0, 0.05) is 42.0 Å². The second-order valence-electron chi connectivity index (χ2n) is 9.32. The smallest absolute Gasteiger partial charge is 0.214 e. The number of halogens is 4. The van der Waals surface area contributed by atoms with Crippen molar-refractivity contribution in [2.24, 2.45) is 0 Å². The van der Waals surface area contributed by atoms with Crippen LogP contribution in [0.15, 0.2) is 70.3 Å². The number of hydrogen-bond acceptors (Lipinski definition) is 7. The summed E-state index contributed by atoms with van der Waals surface area (Å²) in [5.74, 6) is -1.21. The van der Waals surface area contributed by atoms with Gasteiger partial charge in [-0.1, -0.05) is 17.7 Å². The van der Waals surface area contributed by atoms with Crippen LogP contribution in [0.2, 0.25) is 0 Å². The molecule has 2 aliphatic heterocycles. The molecule has 1 aromatic carbocycles. The van der Waals surface area contributed by atoms with E-state index in [1.165, 1.54) is 43.2 Å². The fraction of sp³-hybridized carbons (Fsp3) is 0.393. The molecular weight excluding hydrogens is 549 g/mol. The number of benzene rings is 1. The fourth-order valence-corrected chi connectivity index (χ4v) is 5.69. The van der Waals surface area contributed by atoms with Gasteiger partial charge in [0.1, 0.15) is 28.0 Å². The number of nitrogens with zero attached hydrogens (tertiary/aromatic N) is 4. The van der Waals surface area contributed by atoms with Gasteiger partial charge in [-0.25, -0.2) is 13.8 Å². The van der Waals surface area contributed by atoms with Crippen molar-refractivity contribution < 1.29 is 22.6 Å². The van der Waals surface area contributed by atoms with Crippen LogP contribution in [0.1, 0.15) is 25.3 Å². The van der Waals surface area contributed by atoms with Crippen LogP contribution in [0.4, 0.5) is 19.0 Å². The summed E-state index contributed by atoms with van der Waals surface area (Å²) in [6, 6.07) is 9.91. The van der Waals surface area contributed by atoms with Gasteiger partial charge in [-0.15, -0.1) is 0 Å². The molecule has 0 aliphatic carbocycles. The van der Waals surface area contributed by atoms with Gasteiger partial charge < -0.3 is 14.4 Å². The van der Waals surface area contributed by atoms with E-state index in [0.29, 0.717) is 34.3 Å². The van der Waals surface area contributed by atoms with E-state index in [2.05, 4.69) is 14.8 Å². The number of anilines is 1. The average molecular weight is 581 g/mol. The standard InChI is InChI=1S/C28H32ClF3N4O2S/c1-19(35-13-10-21(18-35)34-11-5-12-34)14-23(30)28(24(31)16-29)39-36(27-7-4-6-26(32)33-27)17-20-8-9-22(37-2)15-25(20)38-3/h4,6-9,14-16,21H,5,10-13,17-18H2,1-3H3/b19-14+,24-16-,28-23-. The van der Waals surface area contributed by atoms with Crippen LogP contribution in [0, 0.1) is 5.95 Å². The number of ether oxygens (including phenoxy) is 2. The van der Waals surface area contributed by atoms with Crippen molar-refractivity contribution in [2.45, 2.75) is 32.4 Å². The summed E-state index contributed by atoms with van der Waals surface area (Å²) >= 11 is 6.45. The summed E-state index contributed by atoms with van der Waals surface area (Å²) in [6.45, 7) is 5.73. The van der Waals surface area contributed by atoms with E-state index in [1.54, 1.807) is 24.3 Å². The number of likely N-dealkylation sites (tertiary alicyclic amines) is 2. The summed E-state index contributed by atoms with van der Waals surface area (Å²) in [7, 11) is 3.05. The predicted octanol–water partition coefficient (Wildman–Crippen LogP) is 6.81. The first-order valence-corrected chi connectivity index (χ1v) is 13.9. The number of aromatic nitrogens is 1. The molecule has 0 amide bonds. The van der Waals surface area contributed by atoms with Crippen molar-refractivity contribution in [1.29, 1.82) is 0 Å². The highest BCUT2D eigenvalue weighted by Gasteiger charge is 2.31. The molecule has 0 bridgehead atoms. The summed E-state index contributed by atoms with van der Waals surface area (Å²) in [6.07, 6.45) is 3.55. The molecule has 3 heterocycles. The third kappa shape index (κ3) is 7.23. The Morgan fingerprint density at radius 1 is 1.18 bits per heavy atom. The molecule has 11 heteroatoms. The molecule has 39 heavy (non-hydrogen) atoms. The molecule has 2 aromatic rings. The lowest BCUT2D eigenvalue weighted by Crippen LogP contribution is -2.46. The molecule has 1 atom stereocenters. The summed E-state index contributed by atoms with van der Waals surface area (Å²) in [5, 5.41) is 0. The SMILES string of the molecule is COc1ccc(CN(SC(/C(F)=C/Cl)=C(F)/C=C(\C)N2CCC(N3CCC3)C2)c2cccc(F)n2)c(OC)c1. The van der Waals surface area contributed by atoms with Crippen LogP contribution >= 0.6 is 23.5 Å². The third-order valence-electron chi connectivity index (χ3n) is 6.90. The molecule has 210 valence electrons. The molecule has 0 spiro atoms. The fourth-order valence-electron chi connectivity index (χ4n) is 4.60. The Hall–Kier alpha value is -2.82. The molecule has 0 N–H and O–H groups in total. The van der Waals surface area contributed by atoms with E-state index in [9.17, 15) is 4.39 Å². The monoisotopic (exact) mass is 580 g/mol. The molecule has 1 unspecified atom stereocenters. The summed E-state index contributed by atoms with van der Waals surface area (Å²) < 4.78 is 57.1. The highest BCUT2D eigenvalue weighted by molar-refractivity contribution is 8.04. The van der Waals surface area contributed by atoms with Crippen LogP contribution in [0.5, 0.6) is 11.5 Å². The van der Waals surface area contributed by atoms with Crippen molar-refractivity contribution in [1.82, 2.24) is 14.8 Å². The molecule has 1 aromatic heterocycles. The van der Waals surface area contributed by atoms with Crippen molar-refractivity contribution >= 4 is 29.4 Å². The number of pyridine rings is 1. The maximum Gasteiger partial charge on any atom is 0.214 e. The van der Waals surface area contributed by atoms with Gasteiger partial charge in [0.05, 0.1) is 20.8 Å². The number of hydrogen-bond donors (Lipinski definition) is 0. The maximum atomic E-state index is 15.7. The van der Waals surface area contributed by atoms with E-state index < -0.39 is 17.6 Å². The van der Waals surface area contributed by atoms with Gasteiger partial charge in [0.15, 0.2) is 5.83 Å². The molecule has 2 aliphatic rings. The van der Waals surface area contributed by atoms with Crippen molar-refractivity contribution in [3.63, 3.8) is 0 Å². The minimum absolute atomic E-state index is 0.0902.